The number of imidazole rings is 1. The van der Waals surface area contributed by atoms with Crippen molar-refractivity contribution in [2.45, 2.75) is 30.6 Å². The predicted octanol–water partition coefficient (Wildman–Crippen LogP) is 4.38. The summed E-state index contributed by atoms with van der Waals surface area (Å²) in [7, 11) is 3.66. The Kier molecular flexibility index (Phi) is 5.90. The molecule has 1 aromatic heterocycles. The first-order chi connectivity index (χ1) is 14.2. The van der Waals surface area contributed by atoms with Crippen LogP contribution in [0, 0.1) is 0 Å². The number of methoxy groups -OCH3 is 1. The average Bonchev–Trinajstić information content (AvgIpc) is 3.54. The van der Waals surface area contributed by atoms with Crippen molar-refractivity contribution in [3.63, 3.8) is 0 Å². The molecule has 1 fully saturated rings. The third-order valence-corrected chi connectivity index (χ3v) is 6.19. The highest BCUT2D eigenvalue weighted by Crippen LogP contribution is 2.30. The monoisotopic (exact) mass is 407 g/mol. The highest BCUT2D eigenvalue weighted by atomic mass is 32.2. The van der Waals surface area contributed by atoms with E-state index in [4.69, 9.17) is 4.74 Å². The molecule has 6 heteroatoms. The Morgan fingerprint density at radius 1 is 1.17 bits per heavy atom. The number of thioether (sulfide) groups is 1. The molecule has 0 aliphatic heterocycles. The van der Waals surface area contributed by atoms with Gasteiger partial charge in [-0.1, -0.05) is 54.2 Å². The van der Waals surface area contributed by atoms with Crippen molar-refractivity contribution in [3.05, 3.63) is 66.4 Å². The number of amides is 1. The van der Waals surface area contributed by atoms with Crippen LogP contribution >= 0.6 is 11.8 Å². The van der Waals surface area contributed by atoms with Crippen LogP contribution in [0.15, 0.2) is 66.0 Å². The number of hydrogen-bond acceptors (Lipinski definition) is 4. The van der Waals surface area contributed by atoms with Crippen molar-refractivity contribution in [1.29, 1.82) is 0 Å². The third-order valence-electron chi connectivity index (χ3n) is 5.16. The number of ether oxygens (including phenoxy) is 1. The zero-order valence-electron chi connectivity index (χ0n) is 16.7. The van der Waals surface area contributed by atoms with Crippen molar-refractivity contribution in [3.8, 4) is 17.0 Å². The molecule has 0 radical (unpaired) electrons. The van der Waals surface area contributed by atoms with Crippen LogP contribution in [-0.2, 0) is 18.4 Å². The molecule has 1 saturated carbocycles. The maximum absolute atomic E-state index is 13.0. The van der Waals surface area contributed by atoms with E-state index in [9.17, 15) is 4.79 Å². The fourth-order valence-corrected chi connectivity index (χ4v) is 4.19. The van der Waals surface area contributed by atoms with Gasteiger partial charge in [-0.2, -0.15) is 0 Å². The van der Waals surface area contributed by atoms with Gasteiger partial charge < -0.3 is 14.2 Å². The second-order valence-corrected chi connectivity index (χ2v) is 8.18. The molecule has 3 aromatic rings. The normalized spacial score (nSPS) is 13.3. The zero-order valence-corrected chi connectivity index (χ0v) is 17.6. The Morgan fingerprint density at radius 2 is 1.90 bits per heavy atom. The van der Waals surface area contributed by atoms with E-state index in [1.165, 1.54) is 11.8 Å². The van der Waals surface area contributed by atoms with Gasteiger partial charge >= 0.3 is 0 Å². The summed E-state index contributed by atoms with van der Waals surface area (Å²) in [6, 6.07) is 18.5. The van der Waals surface area contributed by atoms with Crippen molar-refractivity contribution in [1.82, 2.24) is 14.5 Å². The molecule has 0 N–H and O–H groups in total. The maximum atomic E-state index is 13.0. The fourth-order valence-electron chi connectivity index (χ4n) is 3.35. The lowest BCUT2D eigenvalue weighted by Gasteiger charge is -2.22. The van der Waals surface area contributed by atoms with Crippen LogP contribution in [0.2, 0.25) is 0 Å². The van der Waals surface area contributed by atoms with E-state index in [-0.39, 0.29) is 5.91 Å². The molecule has 0 spiro atoms. The number of carbonyl (C=O) groups excluding carboxylic acids is 1. The van der Waals surface area contributed by atoms with Gasteiger partial charge in [-0.05, 0) is 36.1 Å². The van der Waals surface area contributed by atoms with Gasteiger partial charge in [0.1, 0.15) is 5.75 Å². The molecular weight excluding hydrogens is 382 g/mol. The summed E-state index contributed by atoms with van der Waals surface area (Å²) >= 11 is 1.50. The smallest absolute Gasteiger partial charge is 0.233 e. The Bertz CT molecular complexity index is 966. The molecular formula is C23H25N3O2S. The van der Waals surface area contributed by atoms with Crippen LogP contribution in [-0.4, -0.2) is 39.3 Å². The van der Waals surface area contributed by atoms with Gasteiger partial charge in [0, 0.05) is 19.6 Å². The molecule has 1 aliphatic rings. The summed E-state index contributed by atoms with van der Waals surface area (Å²) in [4.78, 5) is 19.5. The van der Waals surface area contributed by atoms with E-state index in [0.717, 1.165) is 40.6 Å². The lowest BCUT2D eigenvalue weighted by atomic mass is 10.2. The van der Waals surface area contributed by atoms with E-state index >= 15 is 0 Å². The van der Waals surface area contributed by atoms with E-state index in [0.29, 0.717) is 18.3 Å². The van der Waals surface area contributed by atoms with Gasteiger partial charge in [-0.25, -0.2) is 4.98 Å². The number of carbonyl (C=O) groups is 1. The van der Waals surface area contributed by atoms with Crippen molar-refractivity contribution < 1.29 is 9.53 Å². The molecule has 1 heterocycles. The van der Waals surface area contributed by atoms with Crippen molar-refractivity contribution in [2.24, 2.45) is 7.05 Å². The van der Waals surface area contributed by atoms with Crippen LogP contribution in [0.1, 0.15) is 18.4 Å². The lowest BCUT2D eigenvalue weighted by molar-refractivity contribution is -0.129. The standard InChI is InChI=1S/C23H25N3O2S/c1-25-21(18-6-4-3-5-7-18)14-24-23(25)29-16-22(27)26(19-10-11-19)15-17-8-12-20(28-2)13-9-17/h3-9,12-14,19H,10-11,15-16H2,1-2H3. The molecule has 0 saturated heterocycles. The summed E-state index contributed by atoms with van der Waals surface area (Å²) in [6.45, 7) is 0.643. The molecule has 0 unspecified atom stereocenters. The molecule has 5 nitrogen and oxygen atoms in total. The van der Waals surface area contributed by atoms with Gasteiger partial charge in [-0.15, -0.1) is 0 Å². The summed E-state index contributed by atoms with van der Waals surface area (Å²) < 4.78 is 7.27. The second-order valence-electron chi connectivity index (χ2n) is 7.24. The largest absolute Gasteiger partial charge is 0.497 e. The number of aromatic nitrogens is 2. The van der Waals surface area contributed by atoms with Gasteiger partial charge in [0.05, 0.1) is 24.8 Å². The first kappa shape index (κ1) is 19.6. The summed E-state index contributed by atoms with van der Waals surface area (Å²) in [5, 5.41) is 0.859. The molecule has 0 bridgehead atoms. The molecule has 150 valence electrons. The Hall–Kier alpha value is -2.73. The SMILES string of the molecule is COc1ccc(CN(C(=O)CSc2ncc(-c3ccccc3)n2C)C2CC2)cc1. The highest BCUT2D eigenvalue weighted by molar-refractivity contribution is 7.99. The zero-order chi connectivity index (χ0) is 20.2. The summed E-state index contributed by atoms with van der Waals surface area (Å²) in [6.07, 6.45) is 4.05. The fraction of sp³-hybridized carbons (Fsp3) is 0.304. The summed E-state index contributed by atoms with van der Waals surface area (Å²) in [5.41, 5.74) is 3.30. The van der Waals surface area contributed by atoms with Gasteiger partial charge in [0.15, 0.2) is 5.16 Å². The van der Waals surface area contributed by atoms with Crippen LogP contribution < -0.4 is 4.74 Å². The topological polar surface area (TPSA) is 47.4 Å². The van der Waals surface area contributed by atoms with E-state index < -0.39 is 0 Å². The molecule has 29 heavy (non-hydrogen) atoms. The number of benzene rings is 2. The first-order valence-electron chi connectivity index (χ1n) is 9.78. The minimum atomic E-state index is 0.164. The van der Waals surface area contributed by atoms with Crippen LogP contribution in [0.3, 0.4) is 0 Å². The molecule has 1 aliphatic carbocycles. The molecule has 2 aromatic carbocycles. The average molecular weight is 408 g/mol. The minimum absolute atomic E-state index is 0.164. The van der Waals surface area contributed by atoms with Crippen LogP contribution in [0.5, 0.6) is 5.75 Å². The van der Waals surface area contributed by atoms with E-state index in [1.54, 1.807) is 7.11 Å². The lowest BCUT2D eigenvalue weighted by Crippen LogP contribution is -2.34. The van der Waals surface area contributed by atoms with Gasteiger partial charge in [0.25, 0.3) is 0 Å². The quantitative estimate of drug-likeness (QED) is 0.520. The van der Waals surface area contributed by atoms with Gasteiger partial charge in [0.2, 0.25) is 5.91 Å². The molecule has 0 atom stereocenters. The predicted molar refractivity (Wildman–Crippen MR) is 116 cm³/mol. The Balaban J connectivity index is 1.40. The number of rotatable bonds is 8. The summed E-state index contributed by atoms with van der Waals surface area (Å²) in [5.74, 6) is 1.39. The number of hydrogen-bond donors (Lipinski definition) is 0. The van der Waals surface area contributed by atoms with Crippen LogP contribution in [0.25, 0.3) is 11.3 Å². The molecule has 4 rings (SSSR count). The van der Waals surface area contributed by atoms with Crippen LogP contribution in [0.4, 0.5) is 0 Å². The minimum Gasteiger partial charge on any atom is -0.497 e. The maximum Gasteiger partial charge on any atom is 0.233 e. The Labute approximate surface area is 175 Å². The highest BCUT2D eigenvalue weighted by Gasteiger charge is 2.32. The van der Waals surface area contributed by atoms with E-state index in [2.05, 4.69) is 21.7 Å². The third kappa shape index (κ3) is 4.65. The first-order valence-corrected chi connectivity index (χ1v) is 10.8. The number of nitrogens with zero attached hydrogens (tertiary/aromatic N) is 3. The second kappa shape index (κ2) is 8.74. The van der Waals surface area contributed by atoms with Crippen molar-refractivity contribution in [2.75, 3.05) is 12.9 Å². The van der Waals surface area contributed by atoms with E-state index in [1.807, 2.05) is 60.6 Å². The van der Waals surface area contributed by atoms with Crippen molar-refractivity contribution >= 4 is 17.7 Å². The Morgan fingerprint density at radius 3 is 2.55 bits per heavy atom. The molecule has 1 amide bonds. The van der Waals surface area contributed by atoms with Gasteiger partial charge in [-0.3, -0.25) is 4.79 Å².